The van der Waals surface area contributed by atoms with E-state index in [2.05, 4.69) is 15.3 Å². The standard InChI is InChI=1S/C14H15ClN4S/c1-2-16-14(20)18-13-5-3-4-8-19(13)10-11-6-7-12(15)17-9-11/h3-9H,2,10H2,1H3,(H,16,20)/b18-13+. The molecule has 0 aliphatic heterocycles. The third kappa shape index (κ3) is 4.15. The van der Waals surface area contributed by atoms with Crippen molar-refractivity contribution in [1.82, 2.24) is 14.9 Å². The van der Waals surface area contributed by atoms with Gasteiger partial charge in [-0.2, -0.15) is 0 Å². The average Bonchev–Trinajstić information content (AvgIpc) is 2.44. The van der Waals surface area contributed by atoms with Crippen LogP contribution in [0.3, 0.4) is 0 Å². The van der Waals surface area contributed by atoms with Crippen LogP contribution in [0.25, 0.3) is 0 Å². The number of nitrogens with zero attached hydrogens (tertiary/aromatic N) is 3. The highest BCUT2D eigenvalue weighted by atomic mass is 35.5. The molecule has 0 spiro atoms. The summed E-state index contributed by atoms with van der Waals surface area (Å²) in [6.45, 7) is 3.41. The van der Waals surface area contributed by atoms with Crippen LogP contribution in [-0.4, -0.2) is 21.2 Å². The lowest BCUT2D eigenvalue weighted by molar-refractivity contribution is 0.741. The smallest absolute Gasteiger partial charge is 0.194 e. The molecule has 0 unspecified atom stereocenters. The summed E-state index contributed by atoms with van der Waals surface area (Å²) in [5, 5.41) is 3.99. The van der Waals surface area contributed by atoms with Gasteiger partial charge in [-0.25, -0.2) is 9.98 Å². The summed E-state index contributed by atoms with van der Waals surface area (Å²) < 4.78 is 2.01. The molecule has 2 rings (SSSR count). The Morgan fingerprint density at radius 3 is 2.95 bits per heavy atom. The van der Waals surface area contributed by atoms with Gasteiger partial charge in [-0.05, 0) is 42.9 Å². The van der Waals surface area contributed by atoms with E-state index in [1.165, 1.54) is 0 Å². The minimum absolute atomic E-state index is 0.488. The fraction of sp³-hybridized carbons (Fsp3) is 0.214. The van der Waals surface area contributed by atoms with Crippen molar-refractivity contribution in [3.8, 4) is 0 Å². The Morgan fingerprint density at radius 2 is 2.25 bits per heavy atom. The summed E-state index contributed by atoms with van der Waals surface area (Å²) in [6, 6.07) is 9.54. The van der Waals surface area contributed by atoms with Crippen molar-refractivity contribution in [2.24, 2.45) is 4.99 Å². The van der Waals surface area contributed by atoms with Crippen molar-refractivity contribution in [2.45, 2.75) is 13.5 Å². The van der Waals surface area contributed by atoms with E-state index in [9.17, 15) is 0 Å². The van der Waals surface area contributed by atoms with Gasteiger partial charge in [0.15, 0.2) is 5.11 Å². The maximum absolute atomic E-state index is 5.79. The topological polar surface area (TPSA) is 42.2 Å². The molecule has 0 aromatic carbocycles. The molecule has 6 heteroatoms. The summed E-state index contributed by atoms with van der Waals surface area (Å²) in [4.78, 5) is 8.48. The first-order valence-corrected chi connectivity index (χ1v) is 7.06. The minimum Gasteiger partial charge on any atom is -0.361 e. The van der Waals surface area contributed by atoms with Gasteiger partial charge in [-0.1, -0.05) is 23.7 Å². The number of hydrogen-bond donors (Lipinski definition) is 1. The van der Waals surface area contributed by atoms with E-state index in [0.717, 1.165) is 17.6 Å². The number of pyridine rings is 2. The molecule has 0 aliphatic rings. The van der Waals surface area contributed by atoms with Crippen LogP contribution in [-0.2, 0) is 6.54 Å². The van der Waals surface area contributed by atoms with Crippen LogP contribution >= 0.6 is 23.8 Å². The fourth-order valence-corrected chi connectivity index (χ4v) is 2.04. The minimum atomic E-state index is 0.488. The molecule has 0 aliphatic carbocycles. The zero-order valence-electron chi connectivity index (χ0n) is 11.1. The first-order valence-electron chi connectivity index (χ1n) is 6.27. The second-order valence-corrected chi connectivity index (χ2v) is 4.90. The van der Waals surface area contributed by atoms with E-state index in [-0.39, 0.29) is 0 Å². The third-order valence-electron chi connectivity index (χ3n) is 2.60. The second-order valence-electron chi connectivity index (χ2n) is 4.12. The van der Waals surface area contributed by atoms with Gasteiger partial charge in [0.25, 0.3) is 0 Å². The Labute approximate surface area is 128 Å². The van der Waals surface area contributed by atoms with Crippen molar-refractivity contribution in [2.75, 3.05) is 6.54 Å². The Hall–Kier alpha value is -1.72. The van der Waals surface area contributed by atoms with E-state index in [0.29, 0.717) is 16.8 Å². The summed E-state index contributed by atoms with van der Waals surface area (Å²) >= 11 is 10.9. The monoisotopic (exact) mass is 306 g/mol. The Kier molecular flexibility index (Phi) is 5.26. The lowest BCUT2D eigenvalue weighted by atomic mass is 10.3. The van der Waals surface area contributed by atoms with Crippen molar-refractivity contribution in [3.05, 3.63) is 58.9 Å². The quantitative estimate of drug-likeness (QED) is 0.699. The van der Waals surface area contributed by atoms with E-state index < -0.39 is 0 Å². The van der Waals surface area contributed by atoms with E-state index >= 15 is 0 Å². The number of rotatable bonds is 3. The summed E-state index contributed by atoms with van der Waals surface area (Å²) in [7, 11) is 0. The predicted octanol–water partition coefficient (Wildman–Crippen LogP) is 2.38. The van der Waals surface area contributed by atoms with Gasteiger partial charge in [-0.3, -0.25) is 0 Å². The van der Waals surface area contributed by atoms with Crippen LogP contribution < -0.4 is 10.8 Å². The molecule has 20 heavy (non-hydrogen) atoms. The molecule has 2 heterocycles. The summed E-state index contributed by atoms with van der Waals surface area (Å²) in [5.74, 6) is 0. The average molecular weight is 307 g/mol. The van der Waals surface area contributed by atoms with E-state index in [4.69, 9.17) is 23.8 Å². The van der Waals surface area contributed by atoms with Crippen LogP contribution in [0.1, 0.15) is 12.5 Å². The van der Waals surface area contributed by atoms with Crippen LogP contribution in [0.15, 0.2) is 47.7 Å². The summed E-state index contributed by atoms with van der Waals surface area (Å²) in [6.07, 6.45) is 3.72. The van der Waals surface area contributed by atoms with Crippen LogP contribution in [0.5, 0.6) is 0 Å². The Bertz CT molecular complexity index is 649. The van der Waals surface area contributed by atoms with Gasteiger partial charge in [0.05, 0.1) is 6.54 Å². The van der Waals surface area contributed by atoms with Crippen molar-refractivity contribution in [1.29, 1.82) is 0 Å². The largest absolute Gasteiger partial charge is 0.361 e. The zero-order valence-corrected chi connectivity index (χ0v) is 12.7. The zero-order chi connectivity index (χ0) is 14.4. The molecule has 0 radical (unpaired) electrons. The maximum Gasteiger partial charge on any atom is 0.194 e. The van der Waals surface area contributed by atoms with Crippen molar-refractivity contribution < 1.29 is 0 Å². The van der Waals surface area contributed by atoms with Crippen molar-refractivity contribution in [3.63, 3.8) is 0 Å². The molecule has 0 fully saturated rings. The number of hydrogen-bond acceptors (Lipinski definition) is 2. The highest BCUT2D eigenvalue weighted by Crippen LogP contribution is 2.05. The molecular formula is C14H15ClN4S. The number of thiocarbonyl (C=S) groups is 1. The number of aromatic nitrogens is 2. The van der Waals surface area contributed by atoms with Gasteiger partial charge in [0, 0.05) is 18.9 Å². The molecule has 0 amide bonds. The summed E-state index contributed by atoms with van der Waals surface area (Å²) in [5.41, 5.74) is 1.85. The predicted molar refractivity (Wildman–Crippen MR) is 84.6 cm³/mol. The molecule has 0 atom stereocenters. The molecule has 2 aromatic heterocycles. The van der Waals surface area contributed by atoms with Gasteiger partial charge in [0.1, 0.15) is 10.6 Å². The molecule has 0 saturated carbocycles. The van der Waals surface area contributed by atoms with E-state index in [1.807, 2.05) is 42.0 Å². The lowest BCUT2D eigenvalue weighted by Gasteiger charge is -2.08. The molecule has 104 valence electrons. The first-order chi connectivity index (χ1) is 9.69. The van der Waals surface area contributed by atoms with Crippen LogP contribution in [0, 0.1) is 0 Å². The Balaban J connectivity index is 2.28. The van der Waals surface area contributed by atoms with Crippen molar-refractivity contribution >= 4 is 28.9 Å². The van der Waals surface area contributed by atoms with Gasteiger partial charge in [-0.15, -0.1) is 0 Å². The number of nitrogens with one attached hydrogen (secondary N) is 1. The van der Waals surface area contributed by atoms with Gasteiger partial charge in [0.2, 0.25) is 0 Å². The normalized spacial score (nSPS) is 11.4. The molecule has 2 aromatic rings. The SMILES string of the molecule is CCNC(=S)/N=c1\ccccn1Cc1ccc(Cl)nc1. The highest BCUT2D eigenvalue weighted by molar-refractivity contribution is 7.80. The first kappa shape index (κ1) is 14.7. The van der Waals surface area contributed by atoms with Crippen LogP contribution in [0.2, 0.25) is 5.15 Å². The van der Waals surface area contributed by atoms with Gasteiger partial charge < -0.3 is 9.88 Å². The second kappa shape index (κ2) is 7.17. The molecular weight excluding hydrogens is 292 g/mol. The number of halogens is 1. The molecule has 4 nitrogen and oxygen atoms in total. The fourth-order valence-electron chi connectivity index (χ4n) is 1.69. The maximum atomic E-state index is 5.79. The lowest BCUT2D eigenvalue weighted by Crippen LogP contribution is -2.26. The third-order valence-corrected chi connectivity index (χ3v) is 3.06. The van der Waals surface area contributed by atoms with Gasteiger partial charge >= 0.3 is 0 Å². The molecule has 0 saturated heterocycles. The Morgan fingerprint density at radius 1 is 1.40 bits per heavy atom. The van der Waals surface area contributed by atoms with E-state index in [1.54, 1.807) is 12.3 Å². The molecule has 1 N–H and O–H groups in total. The molecule has 0 bridgehead atoms. The van der Waals surface area contributed by atoms with Crippen LogP contribution in [0.4, 0.5) is 0 Å². The highest BCUT2D eigenvalue weighted by Gasteiger charge is 1.98.